The Bertz CT molecular complexity index is 1060. The van der Waals surface area contributed by atoms with E-state index >= 15 is 0 Å². The first-order valence-corrected chi connectivity index (χ1v) is 7.06. The summed E-state index contributed by atoms with van der Waals surface area (Å²) in [5.74, 6) is 0. The fraction of sp³-hybridized carbons (Fsp3) is 0. The van der Waals surface area contributed by atoms with Crippen molar-refractivity contribution in [1.29, 1.82) is 5.26 Å². The van der Waals surface area contributed by atoms with Crippen molar-refractivity contribution >= 4 is 33.5 Å². The molecule has 0 spiro atoms. The molecule has 2 heterocycles. The first-order valence-electron chi connectivity index (χ1n) is 6.69. The Hall–Kier alpha value is -2.90. The molecule has 0 amide bonds. The van der Waals surface area contributed by atoms with Crippen LogP contribution >= 0.6 is 11.6 Å². The van der Waals surface area contributed by atoms with E-state index in [1.807, 2.05) is 41.0 Å². The molecule has 0 aliphatic rings. The van der Waals surface area contributed by atoms with E-state index < -0.39 is 0 Å². The number of imidazole rings is 1. The summed E-state index contributed by atoms with van der Waals surface area (Å²) in [6.07, 6.45) is 3.44. The maximum atomic E-state index is 9.33. The van der Waals surface area contributed by atoms with E-state index in [4.69, 9.17) is 11.6 Å². The predicted octanol–water partition coefficient (Wildman–Crippen LogP) is 4.10. The first kappa shape index (κ1) is 12.8. The minimum Gasteiger partial charge on any atom is -0.297 e. The van der Waals surface area contributed by atoms with Gasteiger partial charge >= 0.3 is 0 Å². The molecule has 0 unspecified atom stereocenters. The van der Waals surface area contributed by atoms with Crippen molar-refractivity contribution in [2.75, 3.05) is 0 Å². The largest absolute Gasteiger partial charge is 0.297 e. The van der Waals surface area contributed by atoms with Gasteiger partial charge in [-0.25, -0.2) is 4.98 Å². The summed E-state index contributed by atoms with van der Waals surface area (Å²) in [5.41, 5.74) is 3.89. The molecular weight excluding hydrogens is 296 g/mol. The Morgan fingerprint density at radius 3 is 2.77 bits per heavy atom. The van der Waals surface area contributed by atoms with Gasteiger partial charge in [0, 0.05) is 10.4 Å². The van der Waals surface area contributed by atoms with Crippen LogP contribution in [0.4, 0.5) is 0 Å². The highest BCUT2D eigenvalue weighted by molar-refractivity contribution is 6.31. The van der Waals surface area contributed by atoms with E-state index in [-0.39, 0.29) is 0 Å². The lowest BCUT2D eigenvalue weighted by Crippen LogP contribution is -1.96. The molecule has 0 saturated heterocycles. The van der Waals surface area contributed by atoms with Crippen LogP contribution in [-0.4, -0.2) is 14.5 Å². The lowest BCUT2D eigenvalue weighted by atomic mass is 10.1. The van der Waals surface area contributed by atoms with Gasteiger partial charge in [0.15, 0.2) is 0 Å². The normalized spacial score (nSPS) is 10.9. The number of nitriles is 1. The quantitative estimate of drug-likeness (QED) is 0.532. The van der Waals surface area contributed by atoms with Gasteiger partial charge in [-0.2, -0.15) is 5.26 Å². The summed E-state index contributed by atoms with van der Waals surface area (Å²) in [5, 5.41) is 10.9. The molecule has 2 aromatic carbocycles. The van der Waals surface area contributed by atoms with Crippen LogP contribution < -0.4 is 0 Å². The number of hydrogen-bond acceptors (Lipinski definition) is 3. The van der Waals surface area contributed by atoms with Gasteiger partial charge in [-0.1, -0.05) is 23.7 Å². The van der Waals surface area contributed by atoms with Crippen molar-refractivity contribution in [2.45, 2.75) is 0 Å². The smallest absolute Gasteiger partial charge is 0.108 e. The Kier molecular flexibility index (Phi) is 2.81. The van der Waals surface area contributed by atoms with Crippen molar-refractivity contribution in [3.05, 3.63) is 65.6 Å². The average Bonchev–Trinajstić information content (AvgIpc) is 2.99. The third-order valence-electron chi connectivity index (χ3n) is 3.62. The van der Waals surface area contributed by atoms with Crippen LogP contribution in [0.15, 0.2) is 55.0 Å². The van der Waals surface area contributed by atoms with Gasteiger partial charge in [0.2, 0.25) is 0 Å². The summed E-state index contributed by atoms with van der Waals surface area (Å²) < 4.78 is 1.91. The number of rotatable bonds is 1. The number of para-hydroxylation sites is 1. The number of halogens is 1. The SMILES string of the molecule is N#Cc1ccccc1-n1cnc2cnc3ccc(Cl)cc3c21. The van der Waals surface area contributed by atoms with Gasteiger partial charge in [-0.05, 0) is 30.3 Å². The third kappa shape index (κ3) is 1.84. The zero-order valence-electron chi connectivity index (χ0n) is 11.4. The zero-order chi connectivity index (χ0) is 15.1. The van der Waals surface area contributed by atoms with E-state index in [0.29, 0.717) is 10.6 Å². The van der Waals surface area contributed by atoms with E-state index in [1.54, 1.807) is 18.6 Å². The molecule has 0 aliphatic heterocycles. The second kappa shape index (κ2) is 4.83. The average molecular weight is 305 g/mol. The molecule has 2 aromatic heterocycles. The Morgan fingerprint density at radius 1 is 1.05 bits per heavy atom. The van der Waals surface area contributed by atoms with Gasteiger partial charge < -0.3 is 0 Å². The summed E-state index contributed by atoms with van der Waals surface area (Å²) in [6.45, 7) is 0. The highest BCUT2D eigenvalue weighted by Crippen LogP contribution is 2.28. The zero-order valence-corrected chi connectivity index (χ0v) is 12.1. The van der Waals surface area contributed by atoms with Gasteiger partial charge in [-0.15, -0.1) is 0 Å². The summed E-state index contributed by atoms with van der Waals surface area (Å²) in [6, 6.07) is 15.2. The number of hydrogen-bond donors (Lipinski definition) is 0. The third-order valence-corrected chi connectivity index (χ3v) is 3.85. The maximum Gasteiger partial charge on any atom is 0.108 e. The van der Waals surface area contributed by atoms with Crippen LogP contribution in [0.1, 0.15) is 5.56 Å². The molecule has 4 rings (SSSR count). The molecule has 4 nitrogen and oxygen atoms in total. The lowest BCUT2D eigenvalue weighted by molar-refractivity contribution is 1.09. The monoisotopic (exact) mass is 304 g/mol. The molecule has 0 bridgehead atoms. The molecule has 0 fully saturated rings. The number of aromatic nitrogens is 3. The van der Waals surface area contributed by atoms with Crippen LogP contribution in [0.25, 0.3) is 27.6 Å². The highest BCUT2D eigenvalue weighted by Gasteiger charge is 2.12. The second-order valence-corrected chi connectivity index (χ2v) is 5.33. The van der Waals surface area contributed by atoms with Crippen molar-refractivity contribution in [3.8, 4) is 11.8 Å². The highest BCUT2D eigenvalue weighted by atomic mass is 35.5. The number of nitrogens with zero attached hydrogens (tertiary/aromatic N) is 4. The molecule has 0 saturated carbocycles. The van der Waals surface area contributed by atoms with Crippen LogP contribution in [0.3, 0.4) is 0 Å². The van der Waals surface area contributed by atoms with Crippen LogP contribution in [-0.2, 0) is 0 Å². The van der Waals surface area contributed by atoms with Crippen LogP contribution in [0.2, 0.25) is 5.02 Å². The summed E-state index contributed by atoms with van der Waals surface area (Å²) >= 11 is 6.13. The predicted molar refractivity (Wildman–Crippen MR) is 86.1 cm³/mol. The molecule has 104 valence electrons. The Labute approximate surface area is 131 Å². The molecule has 0 aliphatic carbocycles. The number of pyridine rings is 1. The number of fused-ring (bicyclic) bond motifs is 3. The lowest BCUT2D eigenvalue weighted by Gasteiger charge is -2.08. The van der Waals surface area contributed by atoms with Gasteiger partial charge in [0.05, 0.1) is 28.5 Å². The molecule has 0 N–H and O–H groups in total. The summed E-state index contributed by atoms with van der Waals surface area (Å²) in [4.78, 5) is 8.80. The van der Waals surface area contributed by atoms with Crippen molar-refractivity contribution in [2.24, 2.45) is 0 Å². The Balaban J connectivity index is 2.16. The van der Waals surface area contributed by atoms with Crippen LogP contribution in [0.5, 0.6) is 0 Å². The minimum absolute atomic E-state index is 0.591. The van der Waals surface area contributed by atoms with E-state index in [2.05, 4.69) is 16.0 Å². The molecule has 0 radical (unpaired) electrons. The molecular formula is C17H9ClN4. The minimum atomic E-state index is 0.591. The molecule has 0 atom stereocenters. The van der Waals surface area contributed by atoms with Gasteiger partial charge in [0.1, 0.15) is 17.9 Å². The molecule has 4 aromatic rings. The van der Waals surface area contributed by atoms with E-state index in [1.165, 1.54) is 0 Å². The fourth-order valence-electron chi connectivity index (χ4n) is 2.63. The second-order valence-electron chi connectivity index (χ2n) is 4.90. The van der Waals surface area contributed by atoms with Crippen molar-refractivity contribution < 1.29 is 0 Å². The topological polar surface area (TPSA) is 54.5 Å². The Morgan fingerprint density at radius 2 is 1.91 bits per heavy atom. The molecule has 5 heteroatoms. The van der Waals surface area contributed by atoms with Gasteiger partial charge in [0.25, 0.3) is 0 Å². The standard InChI is InChI=1S/C17H9ClN4/c18-12-5-6-14-13(7-12)17-15(9-20-14)21-10-22(17)16-4-2-1-3-11(16)8-19/h1-7,9-10H. The molecule has 22 heavy (non-hydrogen) atoms. The fourth-order valence-corrected chi connectivity index (χ4v) is 2.80. The van der Waals surface area contributed by atoms with Gasteiger partial charge in [-0.3, -0.25) is 9.55 Å². The first-order chi connectivity index (χ1) is 10.8. The van der Waals surface area contributed by atoms with Crippen molar-refractivity contribution in [1.82, 2.24) is 14.5 Å². The summed E-state index contributed by atoms with van der Waals surface area (Å²) in [7, 11) is 0. The van der Waals surface area contributed by atoms with Crippen LogP contribution in [0, 0.1) is 11.3 Å². The van der Waals surface area contributed by atoms with E-state index in [0.717, 1.165) is 27.6 Å². The van der Waals surface area contributed by atoms with E-state index in [9.17, 15) is 5.26 Å². The maximum absolute atomic E-state index is 9.33. The number of benzene rings is 2. The van der Waals surface area contributed by atoms with Crippen molar-refractivity contribution in [3.63, 3.8) is 0 Å².